The van der Waals surface area contributed by atoms with Crippen molar-refractivity contribution in [2.24, 2.45) is 5.92 Å². The molecule has 0 spiro atoms. The van der Waals surface area contributed by atoms with E-state index in [1.807, 2.05) is 60.7 Å². The number of benzene rings is 3. The maximum atomic E-state index is 13.6. The van der Waals surface area contributed by atoms with Crippen LogP contribution in [0, 0.1) is 5.92 Å². The fourth-order valence-corrected chi connectivity index (χ4v) is 6.37. The second kappa shape index (κ2) is 13.3. The maximum Gasteiger partial charge on any atom is 0.416 e. The first-order valence-electron chi connectivity index (χ1n) is 14.1. The number of halogens is 3. The highest BCUT2D eigenvalue weighted by Gasteiger charge is 2.41. The molecular formula is C33H39F3N4O2. The van der Waals surface area contributed by atoms with Gasteiger partial charge in [-0.25, -0.2) is 9.59 Å². The van der Waals surface area contributed by atoms with Crippen LogP contribution in [0.4, 0.5) is 28.4 Å². The Hall–Kier alpha value is -4.01. The first-order chi connectivity index (χ1) is 19.7. The minimum absolute atomic E-state index is 0. The van der Waals surface area contributed by atoms with E-state index in [0.29, 0.717) is 5.92 Å². The zero-order chi connectivity index (χ0) is 28.9. The summed E-state index contributed by atoms with van der Waals surface area (Å²) in [5.41, 5.74) is 0.772. The van der Waals surface area contributed by atoms with Gasteiger partial charge in [0.2, 0.25) is 0 Å². The Kier molecular flexibility index (Phi) is 9.81. The summed E-state index contributed by atoms with van der Waals surface area (Å²) in [6.07, 6.45) is 3.08. The van der Waals surface area contributed by atoms with Crippen LogP contribution in [-0.2, 0) is 6.18 Å². The van der Waals surface area contributed by atoms with Crippen LogP contribution in [0.1, 0.15) is 81.1 Å². The third kappa shape index (κ3) is 7.63. The van der Waals surface area contributed by atoms with Crippen molar-refractivity contribution in [3.8, 4) is 0 Å². The van der Waals surface area contributed by atoms with E-state index in [1.165, 1.54) is 25.0 Å². The van der Waals surface area contributed by atoms with Gasteiger partial charge < -0.3 is 21.3 Å². The van der Waals surface area contributed by atoms with Crippen LogP contribution >= 0.6 is 0 Å². The van der Waals surface area contributed by atoms with Gasteiger partial charge in [0.15, 0.2) is 0 Å². The zero-order valence-electron chi connectivity index (χ0n) is 22.7. The third-order valence-electron chi connectivity index (χ3n) is 8.29. The first kappa shape index (κ1) is 30.9. The average molecular weight is 581 g/mol. The predicted molar refractivity (Wildman–Crippen MR) is 159 cm³/mol. The van der Waals surface area contributed by atoms with E-state index < -0.39 is 29.9 Å². The number of alkyl halides is 3. The lowest BCUT2D eigenvalue weighted by Gasteiger charge is -2.46. The van der Waals surface area contributed by atoms with Gasteiger partial charge in [-0.1, -0.05) is 93.8 Å². The second-order valence-electron chi connectivity index (χ2n) is 11.2. The fourth-order valence-electron chi connectivity index (χ4n) is 6.37. The van der Waals surface area contributed by atoms with Crippen molar-refractivity contribution in [3.63, 3.8) is 0 Å². The topological polar surface area (TPSA) is 82.3 Å². The smallest absolute Gasteiger partial charge is 0.333 e. The average Bonchev–Trinajstić information content (AvgIpc) is 2.95. The van der Waals surface area contributed by atoms with Crippen molar-refractivity contribution in [1.82, 2.24) is 16.0 Å². The lowest BCUT2D eigenvalue weighted by molar-refractivity contribution is -0.137. The SMILES string of the molecule is C.O=C(Nc1ccc(C(F)(F)F)cc1)NC(c1ccccc1)C(NC(=O)NC12CCCC(CCC1)C2)c1ccccc1. The molecule has 0 radical (unpaired) electrons. The number of urea groups is 2. The van der Waals surface area contributed by atoms with E-state index in [4.69, 9.17) is 0 Å². The summed E-state index contributed by atoms with van der Waals surface area (Å²) in [5.74, 6) is 0.648. The summed E-state index contributed by atoms with van der Waals surface area (Å²) in [6, 6.07) is 20.8. The van der Waals surface area contributed by atoms with Crippen molar-refractivity contribution in [3.05, 3.63) is 102 Å². The molecule has 4 N–H and O–H groups in total. The summed E-state index contributed by atoms with van der Waals surface area (Å²) >= 11 is 0. The van der Waals surface area contributed by atoms with Crippen LogP contribution in [0.5, 0.6) is 0 Å². The lowest BCUT2D eigenvalue weighted by atomic mass is 9.67. The standard InChI is InChI=1S/C32H35F3N4O2.CH4/c33-32(34,35)25-15-17-26(18-16-25)36-29(40)37-27(23-11-3-1-4-12-23)28(24-13-5-2-6-14-24)38-30(41)39-31-19-7-9-22(21-31)10-8-20-31;/h1-6,11-18,22,27-28H,7-10,19-21H2,(H2,36,37,40)(H2,38,39,41);1H4. The van der Waals surface area contributed by atoms with Gasteiger partial charge in [0, 0.05) is 11.2 Å². The molecule has 0 aromatic heterocycles. The number of nitrogens with one attached hydrogen (secondary N) is 4. The maximum absolute atomic E-state index is 13.6. The van der Waals surface area contributed by atoms with Crippen molar-refractivity contribution in [2.75, 3.05) is 5.32 Å². The van der Waals surface area contributed by atoms with E-state index >= 15 is 0 Å². The van der Waals surface area contributed by atoms with Gasteiger partial charge in [0.25, 0.3) is 0 Å². The Bertz CT molecular complexity index is 1310. The highest BCUT2D eigenvalue weighted by molar-refractivity contribution is 5.89. The molecule has 224 valence electrons. The van der Waals surface area contributed by atoms with E-state index in [2.05, 4.69) is 21.3 Å². The quantitative estimate of drug-likeness (QED) is 0.227. The molecule has 6 nitrogen and oxygen atoms in total. The first-order valence-corrected chi connectivity index (χ1v) is 14.1. The molecule has 0 aliphatic heterocycles. The number of hydrogen-bond donors (Lipinski definition) is 4. The Morgan fingerprint density at radius 2 is 1.24 bits per heavy atom. The van der Waals surface area contributed by atoms with Crippen LogP contribution in [0.2, 0.25) is 0 Å². The molecule has 2 atom stereocenters. The lowest BCUT2D eigenvalue weighted by Crippen LogP contribution is -2.57. The number of amides is 4. The Balaban J connectivity index is 0.00000405. The number of anilines is 1. The molecule has 4 amide bonds. The van der Waals surface area contributed by atoms with Crippen LogP contribution in [0.25, 0.3) is 0 Å². The van der Waals surface area contributed by atoms with Gasteiger partial charge in [-0.2, -0.15) is 13.2 Å². The van der Waals surface area contributed by atoms with Gasteiger partial charge >= 0.3 is 18.2 Å². The molecule has 9 heteroatoms. The highest BCUT2D eigenvalue weighted by atomic mass is 19.4. The normalized spacial score (nSPS) is 21.2. The Morgan fingerprint density at radius 3 is 1.74 bits per heavy atom. The fraction of sp³-hybridized carbons (Fsp3) is 0.394. The van der Waals surface area contributed by atoms with E-state index in [0.717, 1.165) is 55.4 Å². The molecule has 0 saturated heterocycles. The number of fused-ring (bicyclic) bond motifs is 2. The molecule has 2 fully saturated rings. The highest BCUT2D eigenvalue weighted by Crippen LogP contribution is 2.43. The van der Waals surface area contributed by atoms with Gasteiger partial charge in [0.05, 0.1) is 17.6 Å². The van der Waals surface area contributed by atoms with Crippen molar-refractivity contribution < 1.29 is 22.8 Å². The van der Waals surface area contributed by atoms with E-state index in [9.17, 15) is 22.8 Å². The molecule has 3 aromatic rings. The number of carbonyl (C=O) groups is 2. The van der Waals surface area contributed by atoms with Gasteiger partial charge in [-0.05, 0) is 60.6 Å². The minimum atomic E-state index is -4.47. The molecule has 2 bridgehead atoms. The Labute approximate surface area is 245 Å². The van der Waals surface area contributed by atoms with Crippen molar-refractivity contribution >= 4 is 17.7 Å². The summed E-state index contributed by atoms with van der Waals surface area (Å²) in [4.78, 5) is 26.8. The summed E-state index contributed by atoms with van der Waals surface area (Å²) in [7, 11) is 0. The van der Waals surface area contributed by atoms with Crippen LogP contribution < -0.4 is 21.3 Å². The molecule has 42 heavy (non-hydrogen) atoms. The minimum Gasteiger partial charge on any atom is -0.333 e. The summed E-state index contributed by atoms with van der Waals surface area (Å²) < 4.78 is 38.9. The molecular weight excluding hydrogens is 541 g/mol. The molecule has 3 aromatic carbocycles. The molecule has 2 aliphatic rings. The zero-order valence-corrected chi connectivity index (χ0v) is 22.7. The number of hydrogen-bond acceptors (Lipinski definition) is 2. The van der Waals surface area contributed by atoms with Crippen molar-refractivity contribution in [1.29, 1.82) is 0 Å². The second-order valence-corrected chi connectivity index (χ2v) is 11.2. The monoisotopic (exact) mass is 580 g/mol. The predicted octanol–water partition coefficient (Wildman–Crippen LogP) is 8.36. The molecule has 0 heterocycles. The number of rotatable bonds is 7. The van der Waals surface area contributed by atoms with E-state index in [-0.39, 0.29) is 24.7 Å². The third-order valence-corrected chi connectivity index (χ3v) is 8.29. The van der Waals surface area contributed by atoms with Crippen LogP contribution in [-0.4, -0.2) is 17.6 Å². The molecule has 2 saturated carbocycles. The largest absolute Gasteiger partial charge is 0.416 e. The van der Waals surface area contributed by atoms with Gasteiger partial charge in [-0.15, -0.1) is 0 Å². The number of carbonyl (C=O) groups excluding carboxylic acids is 2. The Morgan fingerprint density at radius 1 is 0.738 bits per heavy atom. The van der Waals surface area contributed by atoms with Crippen molar-refractivity contribution in [2.45, 2.75) is 76.2 Å². The van der Waals surface area contributed by atoms with Gasteiger partial charge in [-0.3, -0.25) is 0 Å². The van der Waals surface area contributed by atoms with Gasteiger partial charge in [0.1, 0.15) is 0 Å². The summed E-state index contributed by atoms with van der Waals surface area (Å²) in [5, 5.41) is 12.1. The van der Waals surface area contributed by atoms with E-state index in [1.54, 1.807) is 0 Å². The van der Waals surface area contributed by atoms with Crippen LogP contribution in [0.15, 0.2) is 84.9 Å². The molecule has 2 aliphatic carbocycles. The molecule has 5 rings (SSSR count). The summed E-state index contributed by atoms with van der Waals surface area (Å²) in [6.45, 7) is 0. The molecule has 2 unspecified atom stereocenters. The van der Waals surface area contributed by atoms with Crippen LogP contribution in [0.3, 0.4) is 0 Å².